The molecule has 0 radical (unpaired) electrons. The predicted octanol–water partition coefficient (Wildman–Crippen LogP) is 2.62. The van der Waals surface area contributed by atoms with Gasteiger partial charge in [0.2, 0.25) is 5.91 Å². The number of hydrogen-bond donors (Lipinski definition) is 0. The van der Waals surface area contributed by atoms with Crippen LogP contribution in [-0.4, -0.2) is 38.7 Å². The van der Waals surface area contributed by atoms with Gasteiger partial charge in [-0.1, -0.05) is 0 Å². The van der Waals surface area contributed by atoms with Gasteiger partial charge in [-0.15, -0.1) is 10.2 Å². The lowest BCUT2D eigenvalue weighted by Gasteiger charge is -2.32. The van der Waals surface area contributed by atoms with Gasteiger partial charge in [-0.05, 0) is 48.1 Å². The third-order valence-electron chi connectivity index (χ3n) is 4.98. The van der Waals surface area contributed by atoms with Crippen LogP contribution in [0.25, 0.3) is 0 Å². The quantitative estimate of drug-likeness (QED) is 0.866. The lowest BCUT2D eigenvalue weighted by atomic mass is 9.96. The average molecular weight is 330 g/mol. The number of rotatable bonds is 4. The van der Waals surface area contributed by atoms with E-state index in [1.54, 1.807) is 11.3 Å². The molecule has 1 amide bonds. The summed E-state index contributed by atoms with van der Waals surface area (Å²) in [7, 11) is 0. The Morgan fingerprint density at radius 1 is 1.30 bits per heavy atom. The lowest BCUT2D eigenvalue weighted by Crippen LogP contribution is -2.39. The van der Waals surface area contributed by atoms with E-state index in [-0.39, 0.29) is 5.91 Å². The zero-order chi connectivity index (χ0) is 15.6. The first kappa shape index (κ1) is 14.9. The molecule has 0 spiro atoms. The molecule has 2 aromatic rings. The fourth-order valence-electron chi connectivity index (χ4n) is 3.73. The number of carbonyl (C=O) groups is 1. The van der Waals surface area contributed by atoms with Crippen molar-refractivity contribution in [2.75, 3.05) is 13.1 Å². The van der Waals surface area contributed by atoms with E-state index in [4.69, 9.17) is 0 Å². The molecule has 2 aliphatic rings. The largest absolute Gasteiger partial charge is 0.342 e. The van der Waals surface area contributed by atoms with Crippen molar-refractivity contribution in [1.82, 2.24) is 19.7 Å². The number of fused-ring (bicyclic) bond motifs is 1. The molecule has 0 aliphatic carbocycles. The Hall–Kier alpha value is -1.69. The summed E-state index contributed by atoms with van der Waals surface area (Å²) in [6.45, 7) is 2.74. The summed E-state index contributed by atoms with van der Waals surface area (Å²) >= 11 is 1.69. The smallest absolute Gasteiger partial charge is 0.222 e. The van der Waals surface area contributed by atoms with Crippen molar-refractivity contribution in [3.63, 3.8) is 0 Å². The van der Waals surface area contributed by atoms with Crippen LogP contribution in [0.5, 0.6) is 0 Å². The van der Waals surface area contributed by atoms with Crippen LogP contribution in [-0.2, 0) is 24.2 Å². The van der Waals surface area contributed by atoms with Gasteiger partial charge < -0.3 is 9.47 Å². The second-order valence-corrected chi connectivity index (χ2v) is 7.32. The SMILES string of the molecule is O=C(CCc1ccsc1)N1CCCC(c2nnc3n2CCC3)C1. The van der Waals surface area contributed by atoms with Gasteiger partial charge in [-0.25, -0.2) is 0 Å². The average Bonchev–Trinajstić information content (AvgIpc) is 3.30. The second kappa shape index (κ2) is 6.43. The molecule has 0 saturated carbocycles. The van der Waals surface area contributed by atoms with Crippen LogP contribution in [0.1, 0.15) is 48.8 Å². The number of nitrogens with zero attached hydrogens (tertiary/aromatic N) is 4. The van der Waals surface area contributed by atoms with Gasteiger partial charge >= 0.3 is 0 Å². The maximum atomic E-state index is 12.5. The van der Waals surface area contributed by atoms with Crippen molar-refractivity contribution in [3.8, 4) is 0 Å². The highest BCUT2D eigenvalue weighted by atomic mass is 32.1. The molecule has 1 atom stereocenters. The van der Waals surface area contributed by atoms with E-state index >= 15 is 0 Å². The molecule has 4 heterocycles. The number of carbonyl (C=O) groups excluding carboxylic acids is 1. The van der Waals surface area contributed by atoms with Crippen LogP contribution in [0.2, 0.25) is 0 Å². The minimum absolute atomic E-state index is 0.280. The molecule has 5 nitrogen and oxygen atoms in total. The van der Waals surface area contributed by atoms with Crippen LogP contribution in [0.15, 0.2) is 16.8 Å². The Kier molecular flexibility index (Phi) is 4.16. The minimum atomic E-state index is 0.280. The first-order valence-corrected chi connectivity index (χ1v) is 9.46. The molecule has 2 aliphatic heterocycles. The normalized spacial score (nSPS) is 20.7. The highest BCUT2D eigenvalue weighted by molar-refractivity contribution is 7.07. The summed E-state index contributed by atoms with van der Waals surface area (Å²) < 4.78 is 2.28. The Labute approximate surface area is 140 Å². The molecule has 1 fully saturated rings. The van der Waals surface area contributed by atoms with Crippen LogP contribution in [0.3, 0.4) is 0 Å². The van der Waals surface area contributed by atoms with Crippen molar-refractivity contribution in [1.29, 1.82) is 0 Å². The third-order valence-corrected chi connectivity index (χ3v) is 5.72. The summed E-state index contributed by atoms with van der Waals surface area (Å²) in [6.07, 6.45) is 5.87. The van der Waals surface area contributed by atoms with Gasteiger partial charge in [-0.2, -0.15) is 11.3 Å². The molecule has 122 valence electrons. The molecule has 0 aromatic carbocycles. The second-order valence-electron chi connectivity index (χ2n) is 6.54. The highest BCUT2D eigenvalue weighted by Crippen LogP contribution is 2.28. The van der Waals surface area contributed by atoms with Crippen molar-refractivity contribution in [2.45, 2.75) is 51.0 Å². The Balaban J connectivity index is 1.39. The number of aromatic nitrogens is 3. The number of hydrogen-bond acceptors (Lipinski definition) is 4. The van der Waals surface area contributed by atoms with Crippen molar-refractivity contribution < 1.29 is 4.79 Å². The van der Waals surface area contributed by atoms with E-state index in [2.05, 4.69) is 31.6 Å². The van der Waals surface area contributed by atoms with Crippen LogP contribution in [0.4, 0.5) is 0 Å². The highest BCUT2D eigenvalue weighted by Gasteiger charge is 2.29. The van der Waals surface area contributed by atoms with Crippen LogP contribution in [0, 0.1) is 0 Å². The molecule has 23 heavy (non-hydrogen) atoms. The third kappa shape index (κ3) is 3.04. The molecule has 0 bridgehead atoms. The fraction of sp³-hybridized carbons (Fsp3) is 0.588. The Morgan fingerprint density at radius 2 is 2.26 bits per heavy atom. The number of likely N-dealkylation sites (tertiary alicyclic amines) is 1. The van der Waals surface area contributed by atoms with E-state index in [0.717, 1.165) is 57.0 Å². The lowest BCUT2D eigenvalue weighted by molar-refractivity contribution is -0.132. The van der Waals surface area contributed by atoms with Crippen LogP contribution >= 0.6 is 11.3 Å². The van der Waals surface area contributed by atoms with E-state index in [1.807, 2.05) is 4.90 Å². The van der Waals surface area contributed by atoms with E-state index in [9.17, 15) is 4.79 Å². The van der Waals surface area contributed by atoms with E-state index in [0.29, 0.717) is 12.3 Å². The molecule has 1 saturated heterocycles. The molecule has 0 N–H and O–H groups in total. The monoisotopic (exact) mass is 330 g/mol. The van der Waals surface area contributed by atoms with Crippen molar-refractivity contribution in [3.05, 3.63) is 34.0 Å². The molecule has 1 unspecified atom stereocenters. The Bertz CT molecular complexity index is 679. The predicted molar refractivity (Wildman–Crippen MR) is 89.5 cm³/mol. The molecule has 4 rings (SSSR count). The molecule has 6 heteroatoms. The summed E-state index contributed by atoms with van der Waals surface area (Å²) in [5.74, 6) is 2.86. The zero-order valence-corrected chi connectivity index (χ0v) is 14.1. The van der Waals surface area contributed by atoms with E-state index < -0.39 is 0 Å². The van der Waals surface area contributed by atoms with Crippen molar-refractivity contribution in [2.24, 2.45) is 0 Å². The first-order chi connectivity index (χ1) is 11.3. The number of piperidine rings is 1. The van der Waals surface area contributed by atoms with Gasteiger partial charge in [0.05, 0.1) is 0 Å². The minimum Gasteiger partial charge on any atom is -0.342 e. The number of amides is 1. The van der Waals surface area contributed by atoms with Gasteiger partial charge in [0.15, 0.2) is 0 Å². The van der Waals surface area contributed by atoms with Gasteiger partial charge in [-0.3, -0.25) is 4.79 Å². The summed E-state index contributed by atoms with van der Waals surface area (Å²) in [5, 5.41) is 12.9. The number of thiophene rings is 1. The van der Waals surface area contributed by atoms with Crippen molar-refractivity contribution >= 4 is 17.2 Å². The van der Waals surface area contributed by atoms with Gasteiger partial charge in [0, 0.05) is 38.4 Å². The zero-order valence-electron chi connectivity index (χ0n) is 13.3. The maximum absolute atomic E-state index is 12.5. The van der Waals surface area contributed by atoms with Gasteiger partial charge in [0.25, 0.3) is 0 Å². The Morgan fingerprint density at radius 3 is 3.13 bits per heavy atom. The summed E-state index contributed by atoms with van der Waals surface area (Å²) in [6, 6.07) is 2.11. The maximum Gasteiger partial charge on any atom is 0.222 e. The first-order valence-electron chi connectivity index (χ1n) is 8.52. The van der Waals surface area contributed by atoms with E-state index in [1.165, 1.54) is 12.0 Å². The van der Waals surface area contributed by atoms with Crippen LogP contribution < -0.4 is 0 Å². The molecular weight excluding hydrogens is 308 g/mol. The standard InChI is InChI=1S/C17H22N4OS/c22-16(6-5-13-7-10-23-12-13)20-8-1-3-14(11-20)17-19-18-15-4-2-9-21(15)17/h7,10,12,14H,1-6,8-9,11H2. The van der Waals surface area contributed by atoms with Gasteiger partial charge in [0.1, 0.15) is 11.6 Å². The molecular formula is C17H22N4OS. The summed E-state index contributed by atoms with van der Waals surface area (Å²) in [4.78, 5) is 14.6. The molecule has 2 aromatic heterocycles. The fourth-order valence-corrected chi connectivity index (χ4v) is 4.44. The number of aryl methyl sites for hydroxylation is 2. The topological polar surface area (TPSA) is 51.0 Å². The summed E-state index contributed by atoms with van der Waals surface area (Å²) in [5.41, 5.74) is 1.27.